The molecule has 0 spiro atoms. The van der Waals surface area contributed by atoms with E-state index in [2.05, 4.69) is 0 Å². The van der Waals surface area contributed by atoms with Crippen molar-refractivity contribution in [3.63, 3.8) is 0 Å². The molecule has 1 aromatic rings. The van der Waals surface area contributed by atoms with Crippen LogP contribution in [0, 0.1) is 17.1 Å². The largest absolute Gasteiger partial charge is 0.507 e. The molecule has 4 heteroatoms. The number of halogens is 1. The minimum absolute atomic E-state index is 0.0407. The topological polar surface area (TPSA) is 70.0 Å². The molecular formula is C9H9FN2O. The van der Waals surface area contributed by atoms with E-state index >= 15 is 0 Å². The minimum Gasteiger partial charge on any atom is -0.507 e. The fraction of sp³-hybridized carbons (Fsp3) is 0.222. The van der Waals surface area contributed by atoms with Gasteiger partial charge < -0.3 is 10.8 Å². The Morgan fingerprint density at radius 2 is 2.23 bits per heavy atom. The van der Waals surface area contributed by atoms with Crippen molar-refractivity contribution in [2.75, 3.05) is 0 Å². The van der Waals surface area contributed by atoms with Crippen LogP contribution in [-0.2, 0) is 0 Å². The van der Waals surface area contributed by atoms with Crippen LogP contribution in [0.1, 0.15) is 24.1 Å². The molecule has 1 atom stereocenters. The number of hydrogen-bond acceptors (Lipinski definition) is 3. The van der Waals surface area contributed by atoms with Crippen molar-refractivity contribution >= 4 is 0 Å². The van der Waals surface area contributed by atoms with Crippen LogP contribution < -0.4 is 5.73 Å². The fourth-order valence-corrected chi connectivity index (χ4v) is 1.12. The fourth-order valence-electron chi connectivity index (χ4n) is 1.12. The molecule has 1 aromatic carbocycles. The highest BCUT2D eigenvalue weighted by Gasteiger charge is 2.13. The van der Waals surface area contributed by atoms with E-state index in [1.165, 1.54) is 6.07 Å². The summed E-state index contributed by atoms with van der Waals surface area (Å²) in [7, 11) is 0. The molecule has 0 fully saturated rings. The maximum absolute atomic E-state index is 13.2. The summed E-state index contributed by atoms with van der Waals surface area (Å²) in [5.41, 5.74) is 5.55. The van der Waals surface area contributed by atoms with Gasteiger partial charge in [0, 0.05) is 11.6 Å². The van der Waals surface area contributed by atoms with Gasteiger partial charge in [-0.25, -0.2) is 4.39 Å². The van der Waals surface area contributed by atoms with Gasteiger partial charge in [-0.15, -0.1) is 0 Å². The molecule has 0 amide bonds. The molecule has 3 nitrogen and oxygen atoms in total. The van der Waals surface area contributed by atoms with Gasteiger partial charge in [0.1, 0.15) is 11.6 Å². The Bertz CT molecular complexity index is 345. The predicted octanol–water partition coefficient (Wildman–Crippen LogP) is 1.42. The van der Waals surface area contributed by atoms with Crippen LogP contribution in [0.15, 0.2) is 12.1 Å². The molecule has 0 radical (unpaired) electrons. The monoisotopic (exact) mass is 180 g/mol. The third-order valence-electron chi connectivity index (χ3n) is 1.69. The van der Waals surface area contributed by atoms with Gasteiger partial charge in [0.05, 0.1) is 11.6 Å². The second-order valence-corrected chi connectivity index (χ2v) is 2.79. The number of phenols is 1. The predicted molar refractivity (Wildman–Crippen MR) is 45.4 cm³/mol. The highest BCUT2D eigenvalue weighted by molar-refractivity contribution is 5.43. The molecule has 0 aliphatic rings. The SMILES string of the molecule is C[C@@H](N)c1c(O)cc(C#N)cc1F. The van der Waals surface area contributed by atoms with Crippen molar-refractivity contribution < 1.29 is 9.50 Å². The summed E-state index contributed by atoms with van der Waals surface area (Å²) >= 11 is 0. The lowest BCUT2D eigenvalue weighted by molar-refractivity contribution is 0.452. The number of aromatic hydroxyl groups is 1. The zero-order chi connectivity index (χ0) is 10.0. The first-order valence-corrected chi connectivity index (χ1v) is 3.74. The lowest BCUT2D eigenvalue weighted by Crippen LogP contribution is -2.08. The van der Waals surface area contributed by atoms with E-state index in [9.17, 15) is 9.50 Å². The van der Waals surface area contributed by atoms with Crippen molar-refractivity contribution in [1.29, 1.82) is 5.26 Å². The van der Waals surface area contributed by atoms with Crippen molar-refractivity contribution in [2.24, 2.45) is 5.73 Å². The second kappa shape index (κ2) is 3.42. The van der Waals surface area contributed by atoms with Crippen LogP contribution in [0.2, 0.25) is 0 Å². The summed E-state index contributed by atoms with van der Waals surface area (Å²) in [5, 5.41) is 17.8. The normalized spacial score (nSPS) is 12.2. The van der Waals surface area contributed by atoms with Gasteiger partial charge in [-0.3, -0.25) is 0 Å². The third kappa shape index (κ3) is 1.76. The molecule has 0 unspecified atom stereocenters. The molecule has 0 heterocycles. The average molecular weight is 180 g/mol. The van der Waals surface area contributed by atoms with E-state index in [0.717, 1.165) is 6.07 Å². The van der Waals surface area contributed by atoms with E-state index in [-0.39, 0.29) is 16.9 Å². The van der Waals surface area contributed by atoms with Crippen LogP contribution in [0.3, 0.4) is 0 Å². The Hall–Kier alpha value is -1.60. The summed E-state index contributed by atoms with van der Waals surface area (Å²) in [6.45, 7) is 1.56. The third-order valence-corrected chi connectivity index (χ3v) is 1.69. The van der Waals surface area contributed by atoms with Gasteiger partial charge in [0.2, 0.25) is 0 Å². The molecule has 0 saturated heterocycles. The van der Waals surface area contributed by atoms with Crippen molar-refractivity contribution in [1.82, 2.24) is 0 Å². The summed E-state index contributed by atoms with van der Waals surface area (Å²) in [6.07, 6.45) is 0. The Labute approximate surface area is 75.2 Å². The van der Waals surface area contributed by atoms with Gasteiger partial charge >= 0.3 is 0 Å². The van der Waals surface area contributed by atoms with Gasteiger partial charge in [-0.1, -0.05) is 0 Å². The maximum atomic E-state index is 13.2. The lowest BCUT2D eigenvalue weighted by Gasteiger charge is -2.09. The molecule has 0 aliphatic heterocycles. The average Bonchev–Trinajstić information content (AvgIpc) is 2.02. The molecule has 68 valence electrons. The number of phenolic OH excluding ortho intramolecular Hbond substituents is 1. The molecule has 0 bridgehead atoms. The Morgan fingerprint density at radius 1 is 1.62 bits per heavy atom. The first-order chi connectivity index (χ1) is 6.06. The quantitative estimate of drug-likeness (QED) is 0.686. The highest BCUT2D eigenvalue weighted by atomic mass is 19.1. The van der Waals surface area contributed by atoms with Crippen LogP contribution in [-0.4, -0.2) is 5.11 Å². The summed E-state index contributed by atoms with van der Waals surface area (Å²) in [4.78, 5) is 0. The molecule has 0 saturated carbocycles. The van der Waals surface area contributed by atoms with Crippen molar-refractivity contribution in [3.05, 3.63) is 29.1 Å². The number of nitriles is 1. The minimum atomic E-state index is -0.647. The summed E-state index contributed by atoms with van der Waals surface area (Å²) in [5.74, 6) is -0.918. The van der Waals surface area contributed by atoms with E-state index in [1.54, 1.807) is 13.0 Å². The second-order valence-electron chi connectivity index (χ2n) is 2.79. The number of nitrogens with two attached hydrogens (primary N) is 1. The van der Waals surface area contributed by atoms with Crippen molar-refractivity contribution in [2.45, 2.75) is 13.0 Å². The molecule has 13 heavy (non-hydrogen) atoms. The zero-order valence-electron chi connectivity index (χ0n) is 7.08. The van der Waals surface area contributed by atoms with Gasteiger partial charge in [0.15, 0.2) is 0 Å². The Kier molecular flexibility index (Phi) is 2.49. The highest BCUT2D eigenvalue weighted by Crippen LogP contribution is 2.26. The standard InChI is InChI=1S/C9H9FN2O/c1-5(12)9-7(10)2-6(4-11)3-8(9)13/h2-3,5,13H,12H2,1H3/t5-/m1/s1. The van der Waals surface area contributed by atoms with Gasteiger partial charge in [0.25, 0.3) is 0 Å². The first-order valence-electron chi connectivity index (χ1n) is 3.74. The Morgan fingerprint density at radius 3 is 2.62 bits per heavy atom. The zero-order valence-corrected chi connectivity index (χ0v) is 7.08. The maximum Gasteiger partial charge on any atom is 0.132 e. The van der Waals surface area contributed by atoms with Crippen LogP contribution in [0.25, 0.3) is 0 Å². The lowest BCUT2D eigenvalue weighted by atomic mass is 10.0. The van der Waals surface area contributed by atoms with Gasteiger partial charge in [-0.2, -0.15) is 5.26 Å². The summed E-state index contributed by atoms with van der Waals surface area (Å²) < 4.78 is 13.2. The first kappa shape index (κ1) is 9.49. The molecule has 1 rings (SSSR count). The van der Waals surface area contributed by atoms with Crippen LogP contribution in [0.4, 0.5) is 4.39 Å². The molecule has 3 N–H and O–H groups in total. The number of nitrogens with zero attached hydrogens (tertiary/aromatic N) is 1. The van der Waals surface area contributed by atoms with Crippen molar-refractivity contribution in [3.8, 4) is 11.8 Å². The van der Waals surface area contributed by atoms with Gasteiger partial charge in [-0.05, 0) is 19.1 Å². The summed E-state index contributed by atoms with van der Waals surface area (Å²) in [6, 6.07) is 3.39. The molecule has 0 aliphatic carbocycles. The number of benzene rings is 1. The number of rotatable bonds is 1. The Balaban J connectivity index is 3.33. The van der Waals surface area contributed by atoms with E-state index in [0.29, 0.717) is 0 Å². The van der Waals surface area contributed by atoms with E-state index in [1.807, 2.05) is 0 Å². The molecular weight excluding hydrogens is 171 g/mol. The van der Waals surface area contributed by atoms with E-state index in [4.69, 9.17) is 11.0 Å². The number of hydrogen-bond donors (Lipinski definition) is 2. The van der Waals surface area contributed by atoms with E-state index < -0.39 is 11.9 Å². The van der Waals surface area contributed by atoms with Crippen LogP contribution in [0.5, 0.6) is 5.75 Å². The molecule has 0 aromatic heterocycles. The smallest absolute Gasteiger partial charge is 0.132 e. The van der Waals surface area contributed by atoms with Crippen LogP contribution >= 0.6 is 0 Å².